The Hall–Kier alpha value is -2.47. The fraction of sp³-hybridized carbons (Fsp3) is 0.0714. The zero-order valence-electron chi connectivity index (χ0n) is 10.8. The van der Waals surface area contributed by atoms with Gasteiger partial charge in [-0.2, -0.15) is 0 Å². The van der Waals surface area contributed by atoms with Crippen molar-refractivity contribution in [2.75, 3.05) is 5.32 Å². The average molecular weight is 284 g/mol. The molecule has 1 amide bonds. The first kappa shape index (κ1) is 12.6. The summed E-state index contributed by atoms with van der Waals surface area (Å²) < 4.78 is 0. The lowest BCUT2D eigenvalue weighted by Gasteiger charge is -2.02. The van der Waals surface area contributed by atoms with Gasteiger partial charge < -0.3 is 4.98 Å². The van der Waals surface area contributed by atoms with Gasteiger partial charge in [0.15, 0.2) is 5.13 Å². The van der Waals surface area contributed by atoms with E-state index in [0.717, 1.165) is 17.1 Å². The monoisotopic (exact) mass is 284 g/mol. The van der Waals surface area contributed by atoms with Crippen LogP contribution in [0.15, 0.2) is 42.0 Å². The van der Waals surface area contributed by atoms with Crippen LogP contribution in [0, 0.1) is 6.92 Å². The van der Waals surface area contributed by atoms with E-state index in [2.05, 4.69) is 20.3 Å². The first-order valence-electron chi connectivity index (χ1n) is 6.06. The molecule has 0 atom stereocenters. The Labute approximate surface area is 119 Å². The lowest BCUT2D eigenvalue weighted by Crippen LogP contribution is -2.11. The van der Waals surface area contributed by atoms with Gasteiger partial charge >= 0.3 is 0 Å². The van der Waals surface area contributed by atoms with Crippen LogP contribution >= 0.6 is 11.3 Å². The summed E-state index contributed by atoms with van der Waals surface area (Å²) in [5.41, 5.74) is 2.43. The number of nitrogens with zero attached hydrogens (tertiary/aromatic N) is 2. The van der Waals surface area contributed by atoms with E-state index in [1.165, 1.54) is 11.3 Å². The second-order valence-corrected chi connectivity index (χ2v) is 5.12. The van der Waals surface area contributed by atoms with E-state index >= 15 is 0 Å². The Morgan fingerprint density at radius 3 is 2.70 bits per heavy atom. The van der Waals surface area contributed by atoms with Crippen LogP contribution in [0.2, 0.25) is 0 Å². The van der Waals surface area contributed by atoms with Crippen LogP contribution in [0.25, 0.3) is 11.4 Å². The summed E-state index contributed by atoms with van der Waals surface area (Å²) in [5.74, 6) is 0.623. The van der Waals surface area contributed by atoms with Crippen LogP contribution in [0.1, 0.15) is 16.1 Å². The minimum atomic E-state index is -0.162. The van der Waals surface area contributed by atoms with E-state index in [4.69, 9.17) is 0 Å². The highest BCUT2D eigenvalue weighted by molar-refractivity contribution is 7.13. The summed E-state index contributed by atoms with van der Waals surface area (Å²) in [4.78, 5) is 23.5. The number of aromatic amines is 1. The Morgan fingerprint density at radius 1 is 1.30 bits per heavy atom. The average Bonchev–Trinajstić information content (AvgIpc) is 3.11. The smallest absolute Gasteiger partial charge is 0.257 e. The summed E-state index contributed by atoms with van der Waals surface area (Å²) in [6.07, 6.45) is 3.46. The zero-order valence-corrected chi connectivity index (χ0v) is 11.6. The van der Waals surface area contributed by atoms with Gasteiger partial charge in [0.2, 0.25) is 0 Å². The number of benzene rings is 1. The largest absolute Gasteiger partial charge is 0.345 e. The predicted octanol–water partition coefficient (Wildman–Crippen LogP) is 3.09. The van der Waals surface area contributed by atoms with E-state index in [1.807, 2.05) is 24.4 Å². The molecule has 0 fully saturated rings. The van der Waals surface area contributed by atoms with Gasteiger partial charge in [-0.3, -0.25) is 10.1 Å². The number of rotatable bonds is 3. The van der Waals surface area contributed by atoms with Crippen LogP contribution in [0.3, 0.4) is 0 Å². The molecule has 5 nitrogen and oxygen atoms in total. The molecule has 2 N–H and O–H groups in total. The topological polar surface area (TPSA) is 70.7 Å². The highest BCUT2D eigenvalue weighted by atomic mass is 32.1. The Kier molecular flexibility index (Phi) is 3.30. The van der Waals surface area contributed by atoms with Crippen molar-refractivity contribution in [1.29, 1.82) is 0 Å². The lowest BCUT2D eigenvalue weighted by molar-refractivity contribution is 0.102. The summed E-state index contributed by atoms with van der Waals surface area (Å²) in [6, 6.07) is 7.27. The molecule has 1 aromatic carbocycles. The SMILES string of the molecule is Cc1csc(NC(=O)c2ccc(-c3ncc[nH]3)cc2)n1. The summed E-state index contributed by atoms with van der Waals surface area (Å²) >= 11 is 1.42. The molecule has 0 unspecified atom stereocenters. The minimum absolute atomic E-state index is 0.162. The molecule has 0 saturated heterocycles. The Bertz CT molecular complexity index is 716. The maximum atomic E-state index is 12.1. The summed E-state index contributed by atoms with van der Waals surface area (Å²) in [5, 5.41) is 5.29. The molecule has 6 heteroatoms. The van der Waals surface area contributed by atoms with Crippen molar-refractivity contribution >= 4 is 22.4 Å². The van der Waals surface area contributed by atoms with Crippen LogP contribution in [0.4, 0.5) is 5.13 Å². The third-order valence-corrected chi connectivity index (χ3v) is 3.63. The van der Waals surface area contributed by atoms with Crippen molar-refractivity contribution in [2.24, 2.45) is 0 Å². The van der Waals surface area contributed by atoms with Gasteiger partial charge in [0, 0.05) is 28.9 Å². The van der Waals surface area contributed by atoms with Gasteiger partial charge in [-0.15, -0.1) is 11.3 Å². The van der Waals surface area contributed by atoms with Crippen molar-refractivity contribution in [3.63, 3.8) is 0 Å². The van der Waals surface area contributed by atoms with Crippen LogP contribution in [-0.4, -0.2) is 20.9 Å². The van der Waals surface area contributed by atoms with Crippen molar-refractivity contribution in [2.45, 2.75) is 6.92 Å². The third kappa shape index (κ3) is 2.60. The lowest BCUT2D eigenvalue weighted by atomic mass is 10.1. The minimum Gasteiger partial charge on any atom is -0.345 e. The first-order valence-corrected chi connectivity index (χ1v) is 6.93. The molecule has 3 rings (SSSR count). The predicted molar refractivity (Wildman–Crippen MR) is 78.8 cm³/mol. The van der Waals surface area contributed by atoms with Gasteiger partial charge in [0.1, 0.15) is 5.82 Å². The van der Waals surface area contributed by atoms with E-state index in [0.29, 0.717) is 10.7 Å². The standard InChI is InChI=1S/C14H12N4OS/c1-9-8-20-14(17-9)18-13(19)11-4-2-10(3-5-11)12-15-6-7-16-12/h2-8H,1H3,(H,15,16)(H,17,18,19). The zero-order chi connectivity index (χ0) is 13.9. The number of nitrogens with one attached hydrogen (secondary N) is 2. The number of imidazole rings is 1. The summed E-state index contributed by atoms with van der Waals surface area (Å²) in [7, 11) is 0. The van der Waals surface area contributed by atoms with Crippen LogP contribution in [-0.2, 0) is 0 Å². The molecule has 0 aliphatic carbocycles. The second kappa shape index (κ2) is 5.26. The molecule has 0 bridgehead atoms. The maximum Gasteiger partial charge on any atom is 0.257 e. The molecule has 0 saturated carbocycles. The fourth-order valence-electron chi connectivity index (χ4n) is 1.78. The molecule has 0 radical (unpaired) electrons. The molecule has 2 heterocycles. The number of hydrogen-bond acceptors (Lipinski definition) is 4. The maximum absolute atomic E-state index is 12.1. The molecular formula is C14H12N4OS. The molecule has 100 valence electrons. The third-order valence-electron chi connectivity index (χ3n) is 2.76. The molecule has 20 heavy (non-hydrogen) atoms. The number of aryl methyl sites for hydroxylation is 1. The summed E-state index contributed by atoms with van der Waals surface area (Å²) in [6.45, 7) is 1.89. The van der Waals surface area contributed by atoms with Gasteiger partial charge in [-0.05, 0) is 19.1 Å². The van der Waals surface area contributed by atoms with Gasteiger partial charge in [-0.25, -0.2) is 9.97 Å². The number of amides is 1. The second-order valence-electron chi connectivity index (χ2n) is 4.26. The number of H-pyrrole nitrogens is 1. The number of thiazole rings is 1. The van der Waals surface area contributed by atoms with Crippen molar-refractivity contribution < 1.29 is 4.79 Å². The van der Waals surface area contributed by atoms with E-state index in [1.54, 1.807) is 24.5 Å². The van der Waals surface area contributed by atoms with Crippen molar-refractivity contribution in [3.05, 3.63) is 53.3 Å². The number of carbonyl (C=O) groups is 1. The van der Waals surface area contributed by atoms with E-state index < -0.39 is 0 Å². The van der Waals surface area contributed by atoms with Crippen LogP contribution in [0.5, 0.6) is 0 Å². The highest BCUT2D eigenvalue weighted by Gasteiger charge is 2.09. The highest BCUT2D eigenvalue weighted by Crippen LogP contribution is 2.18. The van der Waals surface area contributed by atoms with Gasteiger partial charge in [-0.1, -0.05) is 12.1 Å². The van der Waals surface area contributed by atoms with Crippen molar-refractivity contribution in [3.8, 4) is 11.4 Å². The van der Waals surface area contributed by atoms with Crippen molar-refractivity contribution in [1.82, 2.24) is 15.0 Å². The number of anilines is 1. The molecule has 0 spiro atoms. The van der Waals surface area contributed by atoms with Gasteiger partial charge in [0.05, 0.1) is 5.69 Å². The number of aromatic nitrogens is 3. The first-order chi connectivity index (χ1) is 9.72. The van der Waals surface area contributed by atoms with Gasteiger partial charge in [0.25, 0.3) is 5.91 Å². The molecule has 3 aromatic rings. The van der Waals surface area contributed by atoms with Crippen LogP contribution < -0.4 is 5.32 Å². The van der Waals surface area contributed by atoms with E-state index in [-0.39, 0.29) is 5.91 Å². The normalized spacial score (nSPS) is 10.4. The number of carbonyl (C=O) groups excluding carboxylic acids is 1. The Morgan fingerprint density at radius 2 is 2.10 bits per heavy atom. The molecule has 0 aliphatic rings. The fourth-order valence-corrected chi connectivity index (χ4v) is 2.47. The number of hydrogen-bond donors (Lipinski definition) is 2. The molecule has 2 aromatic heterocycles. The van der Waals surface area contributed by atoms with E-state index in [9.17, 15) is 4.79 Å². The quantitative estimate of drug-likeness (QED) is 0.776. The Balaban J connectivity index is 1.75. The molecule has 0 aliphatic heterocycles. The molecular weight excluding hydrogens is 272 g/mol.